The molecule has 1 N–H and O–H groups in total. The van der Waals surface area contributed by atoms with Crippen LogP contribution in [0.4, 0.5) is 0 Å². The zero-order valence-electron chi connectivity index (χ0n) is 9.29. The van der Waals surface area contributed by atoms with Gasteiger partial charge in [-0.3, -0.25) is 0 Å². The first kappa shape index (κ1) is 11.9. The van der Waals surface area contributed by atoms with E-state index in [1.54, 1.807) is 0 Å². The third-order valence-electron chi connectivity index (χ3n) is 2.79. The van der Waals surface area contributed by atoms with Crippen molar-refractivity contribution < 1.29 is 9.84 Å². The Hall–Kier alpha value is -0.540. The van der Waals surface area contributed by atoms with Gasteiger partial charge in [0.1, 0.15) is 5.75 Å². The Morgan fingerprint density at radius 1 is 1.38 bits per heavy atom. The molecule has 16 heavy (non-hydrogen) atoms. The summed E-state index contributed by atoms with van der Waals surface area (Å²) in [5.41, 5.74) is 1.24. The molecule has 1 aromatic rings. The standard InChI is InChI=1S/C13H17BrO2/c14-12-8-10(2-1-7-15)5-6-13(12)16-9-11-3-4-11/h5-6,8,11,15H,1-4,7,9H2. The van der Waals surface area contributed by atoms with Gasteiger partial charge in [-0.15, -0.1) is 0 Å². The molecular weight excluding hydrogens is 268 g/mol. The predicted molar refractivity (Wildman–Crippen MR) is 67.8 cm³/mol. The fourth-order valence-corrected chi connectivity index (χ4v) is 2.13. The molecule has 0 aromatic heterocycles. The highest BCUT2D eigenvalue weighted by molar-refractivity contribution is 9.10. The van der Waals surface area contributed by atoms with E-state index in [1.807, 2.05) is 6.07 Å². The highest BCUT2D eigenvalue weighted by atomic mass is 79.9. The van der Waals surface area contributed by atoms with Crippen molar-refractivity contribution in [2.24, 2.45) is 5.92 Å². The molecule has 0 aliphatic heterocycles. The summed E-state index contributed by atoms with van der Waals surface area (Å²) < 4.78 is 6.74. The third kappa shape index (κ3) is 3.49. The minimum Gasteiger partial charge on any atom is -0.492 e. The van der Waals surface area contributed by atoms with Gasteiger partial charge in [0.2, 0.25) is 0 Å². The molecule has 0 amide bonds. The fraction of sp³-hybridized carbons (Fsp3) is 0.538. The largest absolute Gasteiger partial charge is 0.492 e. The van der Waals surface area contributed by atoms with Crippen LogP contribution in [0.25, 0.3) is 0 Å². The van der Waals surface area contributed by atoms with Crippen molar-refractivity contribution in [1.82, 2.24) is 0 Å². The van der Waals surface area contributed by atoms with Crippen LogP contribution in [0, 0.1) is 5.92 Å². The van der Waals surface area contributed by atoms with Crippen LogP contribution in [-0.4, -0.2) is 18.3 Å². The molecule has 2 nitrogen and oxygen atoms in total. The minimum absolute atomic E-state index is 0.248. The molecule has 1 aliphatic carbocycles. The average molecular weight is 285 g/mol. The van der Waals surface area contributed by atoms with Crippen LogP contribution >= 0.6 is 15.9 Å². The maximum absolute atomic E-state index is 8.77. The number of ether oxygens (including phenoxy) is 1. The van der Waals surface area contributed by atoms with Crippen LogP contribution in [0.1, 0.15) is 24.8 Å². The average Bonchev–Trinajstić information content (AvgIpc) is 3.09. The van der Waals surface area contributed by atoms with E-state index in [9.17, 15) is 0 Å². The smallest absolute Gasteiger partial charge is 0.133 e. The lowest BCUT2D eigenvalue weighted by Gasteiger charge is -2.09. The van der Waals surface area contributed by atoms with Crippen LogP contribution in [0.5, 0.6) is 5.75 Å². The number of aliphatic hydroxyl groups is 1. The first-order valence-corrected chi connectivity index (χ1v) is 6.61. The molecule has 1 saturated carbocycles. The molecule has 1 aliphatic rings. The summed E-state index contributed by atoms with van der Waals surface area (Å²) in [6.45, 7) is 1.09. The Kier molecular flexibility index (Phi) is 4.24. The lowest BCUT2D eigenvalue weighted by molar-refractivity contribution is 0.288. The number of hydrogen-bond acceptors (Lipinski definition) is 2. The van der Waals surface area contributed by atoms with Gasteiger partial charge < -0.3 is 9.84 Å². The van der Waals surface area contributed by atoms with E-state index >= 15 is 0 Å². The Bertz CT molecular complexity index is 348. The van der Waals surface area contributed by atoms with E-state index in [-0.39, 0.29) is 6.61 Å². The van der Waals surface area contributed by atoms with Gasteiger partial charge in [-0.25, -0.2) is 0 Å². The highest BCUT2D eigenvalue weighted by Crippen LogP contribution is 2.32. The molecule has 0 atom stereocenters. The molecule has 0 bridgehead atoms. The van der Waals surface area contributed by atoms with E-state index in [0.717, 1.165) is 35.6 Å². The minimum atomic E-state index is 0.248. The molecule has 0 spiro atoms. The van der Waals surface area contributed by atoms with E-state index in [4.69, 9.17) is 9.84 Å². The van der Waals surface area contributed by atoms with Gasteiger partial charge in [0, 0.05) is 6.61 Å². The zero-order valence-corrected chi connectivity index (χ0v) is 10.9. The molecule has 2 rings (SSSR count). The van der Waals surface area contributed by atoms with Gasteiger partial charge in [0.05, 0.1) is 11.1 Å². The number of rotatable bonds is 6. The van der Waals surface area contributed by atoms with Gasteiger partial charge in [-0.1, -0.05) is 6.07 Å². The summed E-state index contributed by atoms with van der Waals surface area (Å²) in [7, 11) is 0. The second-order valence-electron chi connectivity index (χ2n) is 4.35. The van der Waals surface area contributed by atoms with Crippen LogP contribution in [0.15, 0.2) is 22.7 Å². The molecule has 1 fully saturated rings. The zero-order chi connectivity index (χ0) is 11.4. The van der Waals surface area contributed by atoms with Crippen molar-refractivity contribution >= 4 is 15.9 Å². The van der Waals surface area contributed by atoms with Crippen molar-refractivity contribution in [3.05, 3.63) is 28.2 Å². The first-order chi connectivity index (χ1) is 7.79. The third-order valence-corrected chi connectivity index (χ3v) is 3.41. The monoisotopic (exact) mass is 284 g/mol. The SMILES string of the molecule is OCCCc1ccc(OCC2CC2)c(Br)c1. The number of aliphatic hydroxyl groups excluding tert-OH is 1. The predicted octanol–water partition coefficient (Wildman–Crippen LogP) is 3.16. The van der Waals surface area contributed by atoms with Gasteiger partial charge >= 0.3 is 0 Å². The van der Waals surface area contributed by atoms with E-state index in [1.165, 1.54) is 18.4 Å². The first-order valence-electron chi connectivity index (χ1n) is 5.81. The van der Waals surface area contributed by atoms with Crippen molar-refractivity contribution in [1.29, 1.82) is 0 Å². The summed E-state index contributed by atoms with van der Waals surface area (Å²) in [6.07, 6.45) is 4.35. The Balaban J connectivity index is 1.92. The van der Waals surface area contributed by atoms with Gasteiger partial charge in [0.25, 0.3) is 0 Å². The quantitative estimate of drug-likeness (QED) is 0.870. The molecular formula is C13H17BrO2. The normalized spacial score (nSPS) is 15.1. The fourth-order valence-electron chi connectivity index (χ4n) is 1.59. The second-order valence-corrected chi connectivity index (χ2v) is 5.20. The summed E-state index contributed by atoms with van der Waals surface area (Å²) in [6, 6.07) is 6.17. The number of benzene rings is 1. The number of aryl methyl sites for hydroxylation is 1. The van der Waals surface area contributed by atoms with Crippen molar-refractivity contribution in [3.63, 3.8) is 0 Å². The van der Waals surface area contributed by atoms with Crippen LogP contribution in [-0.2, 0) is 6.42 Å². The molecule has 1 aromatic carbocycles. The number of hydrogen-bond donors (Lipinski definition) is 1. The summed E-state index contributed by atoms with van der Waals surface area (Å²) in [5.74, 6) is 1.71. The summed E-state index contributed by atoms with van der Waals surface area (Å²) >= 11 is 3.52. The Morgan fingerprint density at radius 2 is 2.19 bits per heavy atom. The molecule has 0 radical (unpaired) electrons. The van der Waals surface area contributed by atoms with Crippen molar-refractivity contribution in [2.75, 3.05) is 13.2 Å². The highest BCUT2D eigenvalue weighted by Gasteiger charge is 2.22. The van der Waals surface area contributed by atoms with Gasteiger partial charge in [-0.2, -0.15) is 0 Å². The van der Waals surface area contributed by atoms with E-state index in [2.05, 4.69) is 28.1 Å². The number of halogens is 1. The maximum atomic E-state index is 8.77. The molecule has 0 saturated heterocycles. The van der Waals surface area contributed by atoms with Crippen molar-refractivity contribution in [2.45, 2.75) is 25.7 Å². The lowest BCUT2D eigenvalue weighted by Crippen LogP contribution is -2.00. The van der Waals surface area contributed by atoms with Crippen LogP contribution in [0.2, 0.25) is 0 Å². The molecule has 0 unspecified atom stereocenters. The molecule has 3 heteroatoms. The summed E-state index contributed by atoms with van der Waals surface area (Å²) in [4.78, 5) is 0. The lowest BCUT2D eigenvalue weighted by atomic mass is 10.1. The van der Waals surface area contributed by atoms with Gasteiger partial charge in [-0.05, 0) is 65.2 Å². The topological polar surface area (TPSA) is 29.5 Å². The molecule has 0 heterocycles. The Morgan fingerprint density at radius 3 is 2.81 bits per heavy atom. The van der Waals surface area contributed by atoms with Crippen LogP contribution < -0.4 is 4.74 Å². The second kappa shape index (κ2) is 5.69. The molecule has 88 valence electrons. The van der Waals surface area contributed by atoms with E-state index < -0.39 is 0 Å². The maximum Gasteiger partial charge on any atom is 0.133 e. The summed E-state index contributed by atoms with van der Waals surface area (Å²) in [5, 5.41) is 8.77. The Labute approximate surface area is 105 Å². The van der Waals surface area contributed by atoms with Gasteiger partial charge in [0.15, 0.2) is 0 Å². The van der Waals surface area contributed by atoms with E-state index in [0.29, 0.717) is 0 Å². The van der Waals surface area contributed by atoms with Crippen molar-refractivity contribution in [3.8, 4) is 5.75 Å². The van der Waals surface area contributed by atoms with Crippen LogP contribution in [0.3, 0.4) is 0 Å².